The number of hydrogen-bond donors (Lipinski definition) is 0. The molecule has 0 unspecified atom stereocenters. The second-order valence-corrected chi connectivity index (χ2v) is 6.15. The Morgan fingerprint density at radius 3 is 2.08 bits per heavy atom. The van der Waals surface area contributed by atoms with Gasteiger partial charge in [-0.25, -0.2) is 0 Å². The van der Waals surface area contributed by atoms with E-state index in [0.29, 0.717) is 6.42 Å². The minimum Gasteiger partial charge on any atom is -0.307 e. The molecule has 2 aromatic rings. The van der Waals surface area contributed by atoms with Crippen LogP contribution in [-0.2, 0) is 11.2 Å². The number of nitrogens with zero attached hydrogens (tertiary/aromatic N) is 1. The maximum absolute atomic E-state index is 12.8. The summed E-state index contributed by atoms with van der Waals surface area (Å²) in [6, 6.07) is 16.1. The van der Waals surface area contributed by atoms with Gasteiger partial charge in [0.1, 0.15) is 10.7 Å². The number of carbonyl (C=O) groups is 3. The molecule has 5 heteroatoms. The first-order valence-electron chi connectivity index (χ1n) is 7.91. The SMILES string of the molecule is CC(=O)N(CCc1ccccc1)C1=C(Cl)C(=O)c2ccccc2C1=O. The first-order valence-corrected chi connectivity index (χ1v) is 8.28. The van der Waals surface area contributed by atoms with Crippen molar-refractivity contribution in [2.75, 3.05) is 6.54 Å². The van der Waals surface area contributed by atoms with Crippen molar-refractivity contribution in [3.63, 3.8) is 0 Å². The van der Waals surface area contributed by atoms with E-state index in [-0.39, 0.29) is 34.3 Å². The van der Waals surface area contributed by atoms with Gasteiger partial charge in [-0.2, -0.15) is 0 Å². The highest BCUT2D eigenvalue weighted by atomic mass is 35.5. The number of ketones is 2. The quantitative estimate of drug-likeness (QED) is 0.843. The fourth-order valence-corrected chi connectivity index (χ4v) is 3.18. The minimum absolute atomic E-state index is 0.0335. The summed E-state index contributed by atoms with van der Waals surface area (Å²) in [7, 11) is 0. The smallest absolute Gasteiger partial charge is 0.224 e. The molecule has 0 N–H and O–H groups in total. The molecule has 25 heavy (non-hydrogen) atoms. The van der Waals surface area contributed by atoms with Gasteiger partial charge in [0.05, 0.1) is 0 Å². The first kappa shape index (κ1) is 17.1. The summed E-state index contributed by atoms with van der Waals surface area (Å²) in [5.41, 5.74) is 1.54. The van der Waals surface area contributed by atoms with Gasteiger partial charge in [-0.15, -0.1) is 0 Å². The number of carbonyl (C=O) groups excluding carboxylic acids is 3. The molecular formula is C20H16ClNO3. The topological polar surface area (TPSA) is 54.5 Å². The number of hydrogen-bond acceptors (Lipinski definition) is 3. The molecule has 0 radical (unpaired) electrons. The fourth-order valence-electron chi connectivity index (χ4n) is 2.89. The van der Waals surface area contributed by atoms with Crippen molar-refractivity contribution in [2.24, 2.45) is 0 Å². The maximum Gasteiger partial charge on any atom is 0.224 e. The van der Waals surface area contributed by atoms with Crippen LogP contribution in [0.2, 0.25) is 0 Å². The fraction of sp³-hybridized carbons (Fsp3) is 0.150. The molecule has 0 bridgehead atoms. The summed E-state index contributed by atoms with van der Waals surface area (Å²) >= 11 is 6.19. The summed E-state index contributed by atoms with van der Waals surface area (Å²) in [6.45, 7) is 1.63. The third-order valence-electron chi connectivity index (χ3n) is 4.16. The third kappa shape index (κ3) is 3.26. The van der Waals surface area contributed by atoms with Gasteiger partial charge in [0, 0.05) is 24.6 Å². The molecule has 3 rings (SSSR count). The summed E-state index contributed by atoms with van der Waals surface area (Å²) in [6.07, 6.45) is 0.553. The average Bonchev–Trinajstić information content (AvgIpc) is 2.63. The molecular weight excluding hydrogens is 338 g/mol. The molecule has 0 heterocycles. The lowest BCUT2D eigenvalue weighted by molar-refractivity contribution is -0.126. The minimum atomic E-state index is -0.433. The van der Waals surface area contributed by atoms with Gasteiger partial charge in [-0.3, -0.25) is 14.4 Å². The number of rotatable bonds is 4. The van der Waals surface area contributed by atoms with Crippen LogP contribution in [0, 0.1) is 0 Å². The van der Waals surface area contributed by atoms with Gasteiger partial charge in [0.2, 0.25) is 17.5 Å². The highest BCUT2D eigenvalue weighted by molar-refractivity contribution is 6.50. The van der Waals surface area contributed by atoms with E-state index in [1.165, 1.54) is 11.8 Å². The Bertz CT molecular complexity index is 887. The largest absolute Gasteiger partial charge is 0.307 e. The molecule has 1 amide bonds. The molecule has 0 saturated carbocycles. The number of fused-ring (bicyclic) bond motifs is 1. The van der Waals surface area contributed by atoms with Crippen LogP contribution in [0.5, 0.6) is 0 Å². The number of amides is 1. The van der Waals surface area contributed by atoms with Crippen LogP contribution in [0.15, 0.2) is 65.3 Å². The second-order valence-electron chi connectivity index (χ2n) is 5.77. The Morgan fingerprint density at radius 1 is 0.920 bits per heavy atom. The van der Waals surface area contributed by atoms with Crippen molar-refractivity contribution >= 4 is 29.1 Å². The number of allylic oxidation sites excluding steroid dienone is 2. The van der Waals surface area contributed by atoms with E-state index in [2.05, 4.69) is 0 Å². The Hall–Kier alpha value is -2.72. The number of Topliss-reactive ketones (excluding diaryl/α,β-unsaturated/α-hetero) is 2. The lowest BCUT2D eigenvalue weighted by atomic mass is 9.91. The molecule has 0 aromatic heterocycles. The third-order valence-corrected chi connectivity index (χ3v) is 4.51. The predicted octanol–water partition coefficient (Wildman–Crippen LogP) is 3.61. The van der Waals surface area contributed by atoms with Crippen LogP contribution in [0.1, 0.15) is 33.2 Å². The van der Waals surface area contributed by atoms with E-state index in [0.717, 1.165) is 5.56 Å². The number of halogens is 1. The van der Waals surface area contributed by atoms with Crippen LogP contribution < -0.4 is 0 Å². The molecule has 0 fully saturated rings. The van der Waals surface area contributed by atoms with Crippen LogP contribution in [0.3, 0.4) is 0 Å². The molecule has 0 atom stereocenters. The molecule has 2 aromatic carbocycles. The van der Waals surface area contributed by atoms with Gasteiger partial charge in [-0.1, -0.05) is 66.2 Å². The van der Waals surface area contributed by atoms with Gasteiger partial charge < -0.3 is 4.90 Å². The van der Waals surface area contributed by atoms with Crippen molar-refractivity contribution in [3.05, 3.63) is 82.0 Å². The molecule has 126 valence electrons. The van der Waals surface area contributed by atoms with E-state index in [1.54, 1.807) is 24.3 Å². The molecule has 0 spiro atoms. The zero-order chi connectivity index (χ0) is 18.0. The average molecular weight is 354 g/mol. The summed E-state index contributed by atoms with van der Waals surface area (Å²) < 4.78 is 0. The predicted molar refractivity (Wildman–Crippen MR) is 95.5 cm³/mol. The van der Waals surface area contributed by atoms with Crippen LogP contribution in [0.25, 0.3) is 0 Å². The zero-order valence-corrected chi connectivity index (χ0v) is 14.4. The zero-order valence-electron chi connectivity index (χ0n) is 13.7. The Kier molecular flexibility index (Phi) is 4.81. The number of benzene rings is 2. The van der Waals surface area contributed by atoms with Gasteiger partial charge in [0.25, 0.3) is 0 Å². The highest BCUT2D eigenvalue weighted by Crippen LogP contribution is 2.30. The Morgan fingerprint density at radius 2 is 1.48 bits per heavy atom. The lowest BCUT2D eigenvalue weighted by Gasteiger charge is -2.27. The van der Waals surface area contributed by atoms with Crippen molar-refractivity contribution in [3.8, 4) is 0 Å². The molecule has 1 aliphatic carbocycles. The summed E-state index contributed by atoms with van der Waals surface area (Å²) in [5, 5.41) is -0.202. The van der Waals surface area contributed by atoms with Crippen LogP contribution in [-0.4, -0.2) is 28.9 Å². The van der Waals surface area contributed by atoms with E-state index in [4.69, 9.17) is 11.6 Å². The molecule has 0 aliphatic heterocycles. The molecule has 0 saturated heterocycles. The van der Waals surface area contributed by atoms with Crippen molar-refractivity contribution in [2.45, 2.75) is 13.3 Å². The molecule has 4 nitrogen and oxygen atoms in total. The standard InChI is InChI=1S/C20H16ClNO3/c1-13(23)22(12-11-14-7-3-2-4-8-14)18-17(21)19(24)15-9-5-6-10-16(15)20(18)25/h2-10H,11-12H2,1H3. The van der Waals surface area contributed by atoms with E-state index >= 15 is 0 Å². The van der Waals surface area contributed by atoms with Crippen LogP contribution >= 0.6 is 11.6 Å². The first-order chi connectivity index (χ1) is 12.0. The van der Waals surface area contributed by atoms with Gasteiger partial charge in [-0.05, 0) is 12.0 Å². The van der Waals surface area contributed by atoms with Crippen molar-refractivity contribution < 1.29 is 14.4 Å². The maximum atomic E-state index is 12.8. The van der Waals surface area contributed by atoms with E-state index < -0.39 is 11.6 Å². The normalized spacial score (nSPS) is 13.7. The van der Waals surface area contributed by atoms with E-state index in [9.17, 15) is 14.4 Å². The Labute approximate surface area is 150 Å². The van der Waals surface area contributed by atoms with Gasteiger partial charge >= 0.3 is 0 Å². The van der Waals surface area contributed by atoms with Gasteiger partial charge in [0.15, 0.2) is 0 Å². The van der Waals surface area contributed by atoms with Crippen molar-refractivity contribution in [1.29, 1.82) is 0 Å². The summed E-state index contributed by atoms with van der Waals surface area (Å²) in [4.78, 5) is 38.8. The second kappa shape index (κ2) is 7.03. The summed E-state index contributed by atoms with van der Waals surface area (Å²) in [5.74, 6) is -1.16. The monoisotopic (exact) mass is 353 g/mol. The van der Waals surface area contributed by atoms with E-state index in [1.807, 2.05) is 30.3 Å². The van der Waals surface area contributed by atoms with Crippen LogP contribution in [0.4, 0.5) is 0 Å². The Balaban J connectivity index is 1.96. The van der Waals surface area contributed by atoms with Crippen molar-refractivity contribution in [1.82, 2.24) is 4.90 Å². The molecule has 1 aliphatic rings. The highest BCUT2D eigenvalue weighted by Gasteiger charge is 2.35. The lowest BCUT2D eigenvalue weighted by Crippen LogP contribution is -2.37.